The van der Waals surface area contributed by atoms with Gasteiger partial charge in [-0.15, -0.1) is 10.2 Å². The number of benzene rings is 2. The summed E-state index contributed by atoms with van der Waals surface area (Å²) >= 11 is 1.21. The number of hydrogen-bond acceptors (Lipinski definition) is 7. The number of nitrogens with zero attached hydrogens (tertiary/aromatic N) is 2. The van der Waals surface area contributed by atoms with Gasteiger partial charge in [-0.25, -0.2) is 0 Å². The van der Waals surface area contributed by atoms with Crippen molar-refractivity contribution in [2.24, 2.45) is 0 Å². The molecule has 8 heteroatoms. The van der Waals surface area contributed by atoms with Crippen LogP contribution in [0, 0.1) is 0 Å². The summed E-state index contributed by atoms with van der Waals surface area (Å²) in [4.78, 5) is 12.7. The summed E-state index contributed by atoms with van der Waals surface area (Å²) in [7, 11) is 1.42. The van der Waals surface area contributed by atoms with Crippen molar-refractivity contribution < 1.29 is 14.6 Å². The number of anilines is 1. The van der Waals surface area contributed by atoms with Crippen LogP contribution < -0.4 is 15.8 Å². The number of nitrogens with one attached hydrogen (secondary N) is 1. The number of nitrogens with two attached hydrogens (primary N) is 1. The van der Waals surface area contributed by atoms with E-state index in [1.54, 1.807) is 0 Å². The van der Waals surface area contributed by atoms with Gasteiger partial charge in [-0.1, -0.05) is 41.7 Å². The zero-order chi connectivity index (χ0) is 17.8. The number of aromatic nitrogens is 2. The second-order valence-electron chi connectivity index (χ2n) is 5.18. The van der Waals surface area contributed by atoms with Crippen molar-refractivity contribution in [3.63, 3.8) is 0 Å². The van der Waals surface area contributed by atoms with Crippen molar-refractivity contribution in [2.75, 3.05) is 12.8 Å². The molecule has 1 amide bonds. The Bertz CT molecular complexity index is 883. The summed E-state index contributed by atoms with van der Waals surface area (Å²) in [6.45, 7) is 0. The third kappa shape index (κ3) is 3.69. The summed E-state index contributed by atoms with van der Waals surface area (Å²) in [6, 6.07) is 13.3. The molecule has 7 nitrogen and oxygen atoms in total. The molecule has 0 unspecified atom stereocenters. The molecule has 0 fully saturated rings. The molecule has 0 spiro atoms. The summed E-state index contributed by atoms with van der Waals surface area (Å²) in [6.07, 6.45) is 0. The zero-order valence-corrected chi connectivity index (χ0v) is 14.2. The average Bonchev–Trinajstić information content (AvgIpc) is 3.06. The highest BCUT2D eigenvalue weighted by molar-refractivity contribution is 7.15. The number of ether oxygens (including phenoxy) is 1. The Morgan fingerprint density at radius 1 is 1.24 bits per heavy atom. The highest BCUT2D eigenvalue weighted by Crippen LogP contribution is 2.28. The summed E-state index contributed by atoms with van der Waals surface area (Å²) < 4.78 is 5.05. The molecule has 0 radical (unpaired) electrons. The minimum atomic E-state index is -0.483. The fraction of sp³-hybridized carbons (Fsp3) is 0.118. The van der Waals surface area contributed by atoms with Crippen LogP contribution in [0.25, 0.3) is 0 Å². The predicted molar refractivity (Wildman–Crippen MR) is 94.7 cm³/mol. The van der Waals surface area contributed by atoms with E-state index in [0.717, 1.165) is 5.56 Å². The maximum Gasteiger partial charge on any atom is 0.252 e. The van der Waals surface area contributed by atoms with Crippen molar-refractivity contribution in [3.8, 4) is 11.5 Å². The van der Waals surface area contributed by atoms with Crippen LogP contribution in [0.2, 0.25) is 0 Å². The van der Waals surface area contributed by atoms with Crippen molar-refractivity contribution in [3.05, 3.63) is 64.7 Å². The molecule has 0 aliphatic carbocycles. The van der Waals surface area contributed by atoms with Crippen LogP contribution in [0.5, 0.6) is 11.5 Å². The molecule has 1 heterocycles. The van der Waals surface area contributed by atoms with Crippen LogP contribution in [0.3, 0.4) is 0 Å². The molecule has 0 saturated heterocycles. The number of phenolic OH excluding ortho intramolecular Hbond substituents is 1. The first kappa shape index (κ1) is 16.7. The Hall–Kier alpha value is -3.13. The maximum atomic E-state index is 12.7. The molecule has 1 aromatic heterocycles. The Kier molecular flexibility index (Phi) is 4.80. The van der Waals surface area contributed by atoms with Crippen molar-refractivity contribution in [2.45, 2.75) is 6.04 Å². The number of methoxy groups -OCH3 is 1. The molecule has 0 bridgehead atoms. The first-order valence-corrected chi connectivity index (χ1v) is 8.22. The van der Waals surface area contributed by atoms with E-state index in [4.69, 9.17) is 10.5 Å². The SMILES string of the molecule is COc1cc(C(=O)N[C@@H](c2ccccc2)c2nnc(N)s2)ccc1O. The normalized spacial score (nSPS) is 11.7. The summed E-state index contributed by atoms with van der Waals surface area (Å²) in [5.41, 5.74) is 6.89. The lowest BCUT2D eigenvalue weighted by atomic mass is 10.1. The number of hydrogen-bond donors (Lipinski definition) is 3. The molecule has 1 atom stereocenters. The number of nitrogen functional groups attached to an aromatic ring is 1. The van der Waals surface area contributed by atoms with Gasteiger partial charge in [0.1, 0.15) is 11.0 Å². The minimum absolute atomic E-state index is 0.0319. The standard InChI is InChI=1S/C17H16N4O3S/c1-24-13-9-11(7-8-12(13)22)15(23)19-14(10-5-3-2-4-6-10)16-20-21-17(18)25-16/h2-9,14,22H,1H3,(H2,18,21)(H,19,23)/t14-/m0/s1. The lowest BCUT2D eigenvalue weighted by Gasteiger charge is -2.17. The molecule has 0 aliphatic rings. The van der Waals surface area contributed by atoms with Crippen LogP contribution in [0.4, 0.5) is 5.13 Å². The lowest BCUT2D eigenvalue weighted by molar-refractivity contribution is 0.0942. The molecular weight excluding hydrogens is 340 g/mol. The van der Waals surface area contributed by atoms with Crippen LogP contribution in [0.15, 0.2) is 48.5 Å². The first-order valence-electron chi connectivity index (χ1n) is 7.40. The highest BCUT2D eigenvalue weighted by atomic mass is 32.1. The van der Waals surface area contributed by atoms with Gasteiger partial charge < -0.3 is 20.9 Å². The average molecular weight is 356 g/mol. The number of phenols is 1. The van der Waals surface area contributed by atoms with E-state index in [0.29, 0.717) is 15.7 Å². The molecule has 2 aromatic carbocycles. The second kappa shape index (κ2) is 7.18. The Balaban J connectivity index is 1.91. The van der Waals surface area contributed by atoms with E-state index >= 15 is 0 Å². The topological polar surface area (TPSA) is 110 Å². The van der Waals surface area contributed by atoms with Crippen LogP contribution in [0.1, 0.15) is 27.0 Å². The molecule has 0 aliphatic heterocycles. The number of amides is 1. The Labute approximate surface area is 148 Å². The van der Waals surface area contributed by atoms with Crippen LogP contribution >= 0.6 is 11.3 Å². The van der Waals surface area contributed by atoms with Crippen LogP contribution in [-0.2, 0) is 0 Å². The zero-order valence-electron chi connectivity index (χ0n) is 13.3. The van der Waals surface area contributed by atoms with E-state index in [2.05, 4.69) is 15.5 Å². The number of carbonyl (C=O) groups is 1. The molecule has 25 heavy (non-hydrogen) atoms. The predicted octanol–water partition coefficient (Wildman–Crippen LogP) is 2.35. The first-order chi connectivity index (χ1) is 12.1. The van der Waals surface area contributed by atoms with Gasteiger partial charge in [-0.05, 0) is 23.8 Å². The van der Waals surface area contributed by atoms with Gasteiger partial charge >= 0.3 is 0 Å². The van der Waals surface area contributed by atoms with Gasteiger partial charge in [0.05, 0.1) is 7.11 Å². The second-order valence-corrected chi connectivity index (χ2v) is 6.22. The highest BCUT2D eigenvalue weighted by Gasteiger charge is 2.22. The van der Waals surface area contributed by atoms with Gasteiger partial charge in [0.15, 0.2) is 11.5 Å². The van der Waals surface area contributed by atoms with Crippen LogP contribution in [-0.4, -0.2) is 28.3 Å². The van der Waals surface area contributed by atoms with Crippen molar-refractivity contribution >= 4 is 22.4 Å². The number of aromatic hydroxyl groups is 1. The van der Waals surface area contributed by atoms with E-state index in [1.807, 2.05) is 30.3 Å². The van der Waals surface area contributed by atoms with Crippen molar-refractivity contribution in [1.82, 2.24) is 15.5 Å². The molecule has 0 saturated carbocycles. The van der Waals surface area contributed by atoms with E-state index in [1.165, 1.54) is 36.6 Å². The quantitative estimate of drug-likeness (QED) is 0.647. The van der Waals surface area contributed by atoms with E-state index in [9.17, 15) is 9.90 Å². The number of rotatable bonds is 5. The van der Waals surface area contributed by atoms with Crippen molar-refractivity contribution in [1.29, 1.82) is 0 Å². The minimum Gasteiger partial charge on any atom is -0.504 e. The third-order valence-corrected chi connectivity index (χ3v) is 4.37. The van der Waals surface area contributed by atoms with E-state index < -0.39 is 6.04 Å². The lowest BCUT2D eigenvalue weighted by Crippen LogP contribution is -2.29. The smallest absolute Gasteiger partial charge is 0.252 e. The molecule has 3 rings (SSSR count). The molecule has 128 valence electrons. The largest absolute Gasteiger partial charge is 0.504 e. The van der Waals surface area contributed by atoms with Gasteiger partial charge in [0.25, 0.3) is 5.91 Å². The molecule has 3 aromatic rings. The fourth-order valence-corrected chi connectivity index (χ4v) is 3.02. The number of carbonyl (C=O) groups excluding carboxylic acids is 1. The summed E-state index contributed by atoms with van der Waals surface area (Å²) in [5, 5.41) is 21.4. The molecular formula is C17H16N4O3S. The van der Waals surface area contributed by atoms with Gasteiger partial charge in [0.2, 0.25) is 5.13 Å². The monoisotopic (exact) mass is 356 g/mol. The Morgan fingerprint density at radius 2 is 2.00 bits per heavy atom. The van der Waals surface area contributed by atoms with Gasteiger partial charge in [-0.2, -0.15) is 0 Å². The Morgan fingerprint density at radius 3 is 2.64 bits per heavy atom. The van der Waals surface area contributed by atoms with Gasteiger partial charge in [0, 0.05) is 5.56 Å². The van der Waals surface area contributed by atoms with Gasteiger partial charge in [-0.3, -0.25) is 4.79 Å². The molecule has 4 N–H and O–H groups in total. The maximum absolute atomic E-state index is 12.7. The van der Waals surface area contributed by atoms with E-state index in [-0.39, 0.29) is 17.4 Å². The summed E-state index contributed by atoms with van der Waals surface area (Å²) in [5.74, 6) is -0.138. The third-order valence-electron chi connectivity index (χ3n) is 3.55. The fourth-order valence-electron chi connectivity index (χ4n) is 2.33.